The highest BCUT2D eigenvalue weighted by Gasteiger charge is 2.09. The number of benzene rings is 1. The van der Waals surface area contributed by atoms with E-state index in [1.54, 1.807) is 6.07 Å². The number of pyridine rings is 1. The third-order valence-electron chi connectivity index (χ3n) is 3.45. The number of nitrogens with zero attached hydrogens (tertiary/aromatic N) is 1. The molecule has 3 heteroatoms. The van der Waals surface area contributed by atoms with E-state index < -0.39 is 0 Å². The summed E-state index contributed by atoms with van der Waals surface area (Å²) >= 11 is 0. The molecule has 0 fully saturated rings. The number of aryl methyl sites for hydroxylation is 1. The van der Waals surface area contributed by atoms with E-state index in [0.29, 0.717) is 0 Å². The van der Waals surface area contributed by atoms with Gasteiger partial charge in [0.2, 0.25) is 0 Å². The molecule has 0 saturated heterocycles. The molecule has 2 rings (SSSR count). The summed E-state index contributed by atoms with van der Waals surface area (Å²) in [5.74, 6) is 0.638. The molecular formula is C18H21FN2. The standard InChI is InChI=1S/C18H21FN2/c1-4-5-6-17(14-7-10-18(20-3)21-12-14)16-9-8-15(19)11-13(16)2/h6-12H,4-5H2,1-3H3,(H,20,21). The highest BCUT2D eigenvalue weighted by atomic mass is 19.1. The summed E-state index contributed by atoms with van der Waals surface area (Å²) in [4.78, 5) is 4.37. The summed E-state index contributed by atoms with van der Waals surface area (Å²) in [6, 6.07) is 8.93. The van der Waals surface area contributed by atoms with E-state index in [0.717, 1.165) is 40.9 Å². The lowest BCUT2D eigenvalue weighted by Crippen LogP contribution is -1.96. The Labute approximate surface area is 125 Å². The second kappa shape index (κ2) is 7.02. The third kappa shape index (κ3) is 3.69. The number of nitrogens with one attached hydrogen (secondary N) is 1. The van der Waals surface area contributed by atoms with Gasteiger partial charge in [-0.15, -0.1) is 0 Å². The minimum atomic E-state index is -0.199. The first kappa shape index (κ1) is 15.2. The Kier molecular flexibility index (Phi) is 5.09. The number of allylic oxidation sites excluding steroid dienone is 1. The molecule has 0 amide bonds. The van der Waals surface area contributed by atoms with Crippen molar-refractivity contribution in [1.82, 2.24) is 4.98 Å². The number of rotatable bonds is 5. The fraction of sp³-hybridized carbons (Fsp3) is 0.278. The largest absolute Gasteiger partial charge is 0.373 e. The van der Waals surface area contributed by atoms with Crippen molar-refractivity contribution >= 4 is 11.4 Å². The van der Waals surface area contributed by atoms with Crippen molar-refractivity contribution in [3.8, 4) is 0 Å². The normalized spacial score (nSPS) is 11.5. The molecule has 1 heterocycles. The van der Waals surface area contributed by atoms with Crippen LogP contribution in [-0.2, 0) is 0 Å². The number of unbranched alkanes of at least 4 members (excludes halogenated alkanes) is 1. The minimum Gasteiger partial charge on any atom is -0.373 e. The summed E-state index contributed by atoms with van der Waals surface area (Å²) in [6.07, 6.45) is 6.12. The second-order valence-corrected chi connectivity index (χ2v) is 5.05. The summed E-state index contributed by atoms with van der Waals surface area (Å²) in [7, 11) is 1.85. The van der Waals surface area contributed by atoms with Crippen LogP contribution >= 0.6 is 0 Å². The maximum Gasteiger partial charge on any atom is 0.125 e. The zero-order chi connectivity index (χ0) is 15.2. The van der Waals surface area contributed by atoms with Gasteiger partial charge in [0.05, 0.1) is 0 Å². The van der Waals surface area contributed by atoms with Gasteiger partial charge in [-0.05, 0) is 54.3 Å². The molecule has 0 saturated carbocycles. The number of hydrogen-bond donors (Lipinski definition) is 1. The minimum absolute atomic E-state index is 0.199. The van der Waals surface area contributed by atoms with Gasteiger partial charge in [-0.1, -0.05) is 25.5 Å². The molecule has 0 aliphatic rings. The van der Waals surface area contributed by atoms with E-state index in [1.165, 1.54) is 6.07 Å². The van der Waals surface area contributed by atoms with Gasteiger partial charge < -0.3 is 5.32 Å². The van der Waals surface area contributed by atoms with Crippen LogP contribution in [0.4, 0.5) is 10.2 Å². The van der Waals surface area contributed by atoms with Crippen molar-refractivity contribution in [2.75, 3.05) is 12.4 Å². The van der Waals surface area contributed by atoms with Crippen molar-refractivity contribution < 1.29 is 4.39 Å². The maximum atomic E-state index is 13.3. The molecule has 0 spiro atoms. The second-order valence-electron chi connectivity index (χ2n) is 5.05. The molecule has 1 aromatic heterocycles. The molecule has 1 N–H and O–H groups in total. The Morgan fingerprint density at radius 3 is 2.67 bits per heavy atom. The Morgan fingerprint density at radius 2 is 2.10 bits per heavy atom. The first-order chi connectivity index (χ1) is 10.2. The lowest BCUT2D eigenvalue weighted by Gasteiger charge is -2.12. The van der Waals surface area contributed by atoms with Crippen molar-refractivity contribution in [1.29, 1.82) is 0 Å². The van der Waals surface area contributed by atoms with E-state index in [9.17, 15) is 4.39 Å². The highest BCUT2D eigenvalue weighted by molar-refractivity contribution is 5.81. The predicted octanol–water partition coefficient (Wildman–Crippen LogP) is 4.80. The quantitative estimate of drug-likeness (QED) is 0.853. The van der Waals surface area contributed by atoms with Crippen LogP contribution in [0.25, 0.3) is 5.57 Å². The van der Waals surface area contributed by atoms with Crippen LogP contribution in [0.1, 0.15) is 36.5 Å². The molecule has 2 aromatic rings. The fourth-order valence-electron chi connectivity index (χ4n) is 2.30. The smallest absolute Gasteiger partial charge is 0.125 e. The molecule has 0 atom stereocenters. The Balaban J connectivity index is 2.47. The van der Waals surface area contributed by atoms with Crippen molar-refractivity contribution in [3.05, 3.63) is 65.1 Å². The molecule has 2 nitrogen and oxygen atoms in total. The average molecular weight is 284 g/mol. The van der Waals surface area contributed by atoms with Gasteiger partial charge in [-0.25, -0.2) is 9.37 Å². The van der Waals surface area contributed by atoms with E-state index in [4.69, 9.17) is 0 Å². The third-order valence-corrected chi connectivity index (χ3v) is 3.45. The fourth-order valence-corrected chi connectivity index (χ4v) is 2.30. The number of aromatic nitrogens is 1. The molecule has 110 valence electrons. The topological polar surface area (TPSA) is 24.9 Å². The highest BCUT2D eigenvalue weighted by Crippen LogP contribution is 2.27. The number of halogens is 1. The molecule has 1 aromatic carbocycles. The molecular weight excluding hydrogens is 263 g/mol. The zero-order valence-corrected chi connectivity index (χ0v) is 12.8. The molecule has 0 bridgehead atoms. The Bertz CT molecular complexity index is 630. The SMILES string of the molecule is CCCC=C(c1ccc(NC)nc1)c1ccc(F)cc1C. The summed E-state index contributed by atoms with van der Waals surface area (Å²) in [5, 5.41) is 3.01. The van der Waals surface area contributed by atoms with Crippen molar-refractivity contribution in [2.24, 2.45) is 0 Å². The van der Waals surface area contributed by atoms with Crippen LogP contribution in [0.15, 0.2) is 42.6 Å². The molecule has 21 heavy (non-hydrogen) atoms. The maximum absolute atomic E-state index is 13.3. The first-order valence-electron chi connectivity index (χ1n) is 7.26. The Morgan fingerprint density at radius 1 is 1.29 bits per heavy atom. The predicted molar refractivity (Wildman–Crippen MR) is 86.9 cm³/mol. The van der Waals surface area contributed by atoms with E-state index in [1.807, 2.05) is 38.4 Å². The van der Waals surface area contributed by atoms with Crippen LogP contribution < -0.4 is 5.32 Å². The monoisotopic (exact) mass is 284 g/mol. The lowest BCUT2D eigenvalue weighted by atomic mass is 9.94. The van der Waals surface area contributed by atoms with E-state index >= 15 is 0 Å². The van der Waals surface area contributed by atoms with Gasteiger partial charge >= 0.3 is 0 Å². The molecule has 0 aliphatic heterocycles. The molecule has 0 unspecified atom stereocenters. The lowest BCUT2D eigenvalue weighted by molar-refractivity contribution is 0.626. The summed E-state index contributed by atoms with van der Waals surface area (Å²) in [6.45, 7) is 4.08. The van der Waals surface area contributed by atoms with Crippen LogP contribution in [0.5, 0.6) is 0 Å². The van der Waals surface area contributed by atoms with Crippen molar-refractivity contribution in [3.63, 3.8) is 0 Å². The van der Waals surface area contributed by atoms with Gasteiger partial charge in [0, 0.05) is 18.8 Å². The molecule has 0 radical (unpaired) electrons. The average Bonchev–Trinajstić information content (AvgIpc) is 2.50. The van der Waals surface area contributed by atoms with Crippen LogP contribution in [-0.4, -0.2) is 12.0 Å². The van der Waals surface area contributed by atoms with Gasteiger partial charge in [0.15, 0.2) is 0 Å². The van der Waals surface area contributed by atoms with Gasteiger partial charge in [-0.2, -0.15) is 0 Å². The zero-order valence-electron chi connectivity index (χ0n) is 12.8. The van der Waals surface area contributed by atoms with Gasteiger partial charge in [0.1, 0.15) is 11.6 Å². The van der Waals surface area contributed by atoms with E-state index in [-0.39, 0.29) is 5.82 Å². The summed E-state index contributed by atoms with van der Waals surface area (Å²) in [5.41, 5.74) is 4.17. The Hall–Kier alpha value is -2.16. The van der Waals surface area contributed by atoms with Crippen LogP contribution in [0.3, 0.4) is 0 Å². The molecule has 0 aliphatic carbocycles. The summed E-state index contributed by atoms with van der Waals surface area (Å²) < 4.78 is 13.3. The first-order valence-corrected chi connectivity index (χ1v) is 7.26. The number of anilines is 1. The van der Waals surface area contributed by atoms with E-state index in [2.05, 4.69) is 23.3 Å². The van der Waals surface area contributed by atoms with Crippen molar-refractivity contribution in [2.45, 2.75) is 26.7 Å². The van der Waals surface area contributed by atoms with Gasteiger partial charge in [0.25, 0.3) is 0 Å². The van der Waals surface area contributed by atoms with Crippen LogP contribution in [0, 0.1) is 12.7 Å². The van der Waals surface area contributed by atoms with Gasteiger partial charge in [-0.3, -0.25) is 0 Å². The van der Waals surface area contributed by atoms with Crippen LogP contribution in [0.2, 0.25) is 0 Å². The number of hydrogen-bond acceptors (Lipinski definition) is 2.